The van der Waals surface area contributed by atoms with Crippen LogP contribution in [0.2, 0.25) is 0 Å². The van der Waals surface area contributed by atoms with E-state index in [-0.39, 0.29) is 23.6 Å². The zero-order chi connectivity index (χ0) is 24.2. The lowest BCUT2D eigenvalue weighted by molar-refractivity contribution is 0.304. The highest BCUT2D eigenvalue weighted by atomic mass is 16.5. The number of aromatic hydroxyl groups is 2. The number of phenolic OH excluding ortho intramolecular Hbond substituents is 2. The molecule has 0 heterocycles. The number of phenols is 2. The first-order valence-corrected chi connectivity index (χ1v) is 12.9. The Kier molecular flexibility index (Phi) is 10.5. The molecule has 0 aliphatic heterocycles. The largest absolute Gasteiger partial charge is 0.507 e. The number of aliphatic imine (C=N–C) groups is 2. The van der Waals surface area contributed by atoms with E-state index in [9.17, 15) is 10.2 Å². The minimum absolute atomic E-state index is 0.0593. The molecule has 3 rings (SSSR count). The summed E-state index contributed by atoms with van der Waals surface area (Å²) in [5.74, 6) is 1.21. The number of ether oxygens (including phenoxy) is 1. The van der Waals surface area contributed by atoms with Gasteiger partial charge in [0.15, 0.2) is 0 Å². The Morgan fingerprint density at radius 3 is 2.09 bits per heavy atom. The van der Waals surface area contributed by atoms with E-state index in [1.807, 2.05) is 31.2 Å². The van der Waals surface area contributed by atoms with E-state index >= 15 is 0 Å². The molecule has 2 aromatic rings. The molecule has 1 aliphatic rings. The van der Waals surface area contributed by atoms with E-state index < -0.39 is 0 Å². The van der Waals surface area contributed by atoms with Crippen LogP contribution in [0.1, 0.15) is 87.8 Å². The monoisotopic (exact) mass is 464 g/mol. The van der Waals surface area contributed by atoms with Gasteiger partial charge in [-0.2, -0.15) is 0 Å². The fourth-order valence-corrected chi connectivity index (χ4v) is 4.37. The number of rotatable bonds is 12. The molecule has 0 radical (unpaired) electrons. The third kappa shape index (κ3) is 8.19. The van der Waals surface area contributed by atoms with Crippen molar-refractivity contribution in [3.8, 4) is 17.2 Å². The van der Waals surface area contributed by atoms with E-state index in [1.165, 1.54) is 32.1 Å². The van der Waals surface area contributed by atoms with Crippen molar-refractivity contribution >= 4 is 12.4 Å². The van der Waals surface area contributed by atoms with Crippen LogP contribution in [0.25, 0.3) is 0 Å². The van der Waals surface area contributed by atoms with Crippen LogP contribution in [0.4, 0.5) is 0 Å². The molecule has 0 unspecified atom stereocenters. The van der Waals surface area contributed by atoms with Crippen molar-refractivity contribution in [1.82, 2.24) is 0 Å². The molecule has 34 heavy (non-hydrogen) atoms. The highest BCUT2D eigenvalue weighted by Gasteiger charge is 2.23. The van der Waals surface area contributed by atoms with Crippen LogP contribution in [-0.4, -0.2) is 41.3 Å². The molecule has 2 atom stereocenters. The van der Waals surface area contributed by atoms with Crippen LogP contribution in [0, 0.1) is 6.92 Å². The Morgan fingerprint density at radius 1 is 0.824 bits per heavy atom. The fraction of sp³-hybridized carbons (Fsp3) is 0.517. The van der Waals surface area contributed by atoms with Crippen molar-refractivity contribution in [2.75, 3.05) is 6.61 Å². The van der Waals surface area contributed by atoms with Gasteiger partial charge < -0.3 is 14.9 Å². The van der Waals surface area contributed by atoms with Crippen LogP contribution in [0.5, 0.6) is 17.2 Å². The van der Waals surface area contributed by atoms with Gasteiger partial charge in [0.1, 0.15) is 17.2 Å². The summed E-state index contributed by atoms with van der Waals surface area (Å²) < 4.78 is 5.91. The van der Waals surface area contributed by atoms with Crippen molar-refractivity contribution in [2.24, 2.45) is 9.98 Å². The quantitative estimate of drug-likeness (QED) is 0.262. The van der Waals surface area contributed by atoms with Crippen LogP contribution < -0.4 is 4.74 Å². The molecule has 0 aromatic heterocycles. The Balaban J connectivity index is 1.59. The lowest BCUT2D eigenvalue weighted by Crippen LogP contribution is -2.27. The first-order valence-electron chi connectivity index (χ1n) is 12.9. The maximum Gasteiger partial charge on any atom is 0.124 e. The Hall–Kier alpha value is -2.82. The molecule has 0 spiro atoms. The van der Waals surface area contributed by atoms with E-state index in [4.69, 9.17) is 14.7 Å². The average molecular weight is 465 g/mol. The minimum atomic E-state index is 0.0593. The topological polar surface area (TPSA) is 74.4 Å². The molecule has 2 N–H and O–H groups in total. The number of benzene rings is 2. The number of hydrogen-bond donors (Lipinski definition) is 2. The molecule has 1 aliphatic carbocycles. The standard InChI is InChI=1S/C29H40N2O3/c1-3-4-5-6-7-10-17-34-25-14-16-29(33)24(19-25)21-31-27-12-9-8-11-26(27)30-20-23-18-22(2)13-15-28(23)32/h13-16,18-21,26-27,32-33H,3-12,17H2,1-2H3/t26-,27-/m1/s1. The molecule has 0 bridgehead atoms. The maximum atomic E-state index is 10.3. The third-order valence-corrected chi connectivity index (χ3v) is 6.45. The zero-order valence-electron chi connectivity index (χ0n) is 20.7. The summed E-state index contributed by atoms with van der Waals surface area (Å²) in [7, 11) is 0. The summed E-state index contributed by atoms with van der Waals surface area (Å²) >= 11 is 0. The average Bonchev–Trinajstić information content (AvgIpc) is 2.84. The Bertz CT molecular complexity index is 954. The van der Waals surface area contributed by atoms with Gasteiger partial charge in [0.25, 0.3) is 0 Å². The van der Waals surface area contributed by atoms with Gasteiger partial charge in [-0.1, -0.05) is 63.5 Å². The predicted molar refractivity (Wildman–Crippen MR) is 141 cm³/mol. The van der Waals surface area contributed by atoms with Crippen molar-refractivity contribution in [3.05, 3.63) is 53.1 Å². The molecular weight excluding hydrogens is 424 g/mol. The van der Waals surface area contributed by atoms with Crippen LogP contribution in [-0.2, 0) is 0 Å². The molecule has 1 saturated carbocycles. The lowest BCUT2D eigenvalue weighted by Gasteiger charge is -2.25. The molecule has 1 fully saturated rings. The first kappa shape index (κ1) is 25.8. The summed E-state index contributed by atoms with van der Waals surface area (Å²) in [6.07, 6.45) is 15.1. The van der Waals surface area contributed by atoms with Crippen LogP contribution in [0.3, 0.4) is 0 Å². The third-order valence-electron chi connectivity index (χ3n) is 6.45. The fourth-order valence-electron chi connectivity index (χ4n) is 4.37. The van der Waals surface area contributed by atoms with E-state index in [0.29, 0.717) is 12.2 Å². The summed E-state index contributed by atoms with van der Waals surface area (Å²) in [6.45, 7) is 4.93. The van der Waals surface area contributed by atoms with Crippen molar-refractivity contribution in [3.63, 3.8) is 0 Å². The maximum absolute atomic E-state index is 10.3. The first-order chi connectivity index (χ1) is 16.6. The predicted octanol–water partition coefficient (Wildman–Crippen LogP) is 6.99. The summed E-state index contributed by atoms with van der Waals surface area (Å²) in [5.41, 5.74) is 2.50. The van der Waals surface area contributed by atoms with Gasteiger partial charge >= 0.3 is 0 Å². The summed E-state index contributed by atoms with van der Waals surface area (Å²) in [4.78, 5) is 9.59. The molecule has 2 aromatic carbocycles. The van der Waals surface area contributed by atoms with Gasteiger partial charge in [-0.15, -0.1) is 0 Å². The number of aryl methyl sites for hydroxylation is 1. The molecule has 0 saturated heterocycles. The molecule has 0 amide bonds. The second-order valence-corrected chi connectivity index (χ2v) is 9.37. The lowest BCUT2D eigenvalue weighted by atomic mass is 9.91. The van der Waals surface area contributed by atoms with Gasteiger partial charge in [-0.05, 0) is 56.5 Å². The highest BCUT2D eigenvalue weighted by molar-refractivity contribution is 5.85. The van der Waals surface area contributed by atoms with E-state index in [2.05, 4.69) is 6.92 Å². The van der Waals surface area contributed by atoms with Gasteiger partial charge in [0.05, 0.1) is 18.7 Å². The van der Waals surface area contributed by atoms with E-state index in [0.717, 1.165) is 49.0 Å². The van der Waals surface area contributed by atoms with Gasteiger partial charge in [0.2, 0.25) is 0 Å². The van der Waals surface area contributed by atoms with Crippen LogP contribution >= 0.6 is 0 Å². The molecule has 184 valence electrons. The summed E-state index contributed by atoms with van der Waals surface area (Å²) in [6, 6.07) is 11.0. The van der Waals surface area contributed by atoms with Crippen molar-refractivity contribution < 1.29 is 14.9 Å². The molecular formula is C29H40N2O3. The van der Waals surface area contributed by atoms with Crippen molar-refractivity contribution in [2.45, 2.75) is 90.1 Å². The Morgan fingerprint density at radius 2 is 1.41 bits per heavy atom. The number of hydrogen-bond acceptors (Lipinski definition) is 5. The zero-order valence-corrected chi connectivity index (χ0v) is 20.7. The molecule has 5 nitrogen and oxygen atoms in total. The minimum Gasteiger partial charge on any atom is -0.507 e. The SMILES string of the molecule is CCCCCCCCOc1ccc(O)c(C=N[C@@H]2CCCC[C@H]2N=Cc2cc(C)ccc2O)c1. The highest BCUT2D eigenvalue weighted by Crippen LogP contribution is 2.26. The number of unbranched alkanes of at least 4 members (excludes halogenated alkanes) is 5. The smallest absolute Gasteiger partial charge is 0.124 e. The Labute approximate surface area is 204 Å². The second kappa shape index (κ2) is 13.8. The van der Waals surface area contributed by atoms with Gasteiger partial charge in [0, 0.05) is 23.6 Å². The normalized spacial score (nSPS) is 18.6. The van der Waals surface area contributed by atoms with E-state index in [1.54, 1.807) is 24.6 Å². The number of nitrogens with zero attached hydrogens (tertiary/aromatic N) is 2. The second-order valence-electron chi connectivity index (χ2n) is 9.37. The van der Waals surface area contributed by atoms with Crippen molar-refractivity contribution in [1.29, 1.82) is 0 Å². The molecule has 5 heteroatoms. The van der Waals surface area contributed by atoms with Gasteiger partial charge in [-0.3, -0.25) is 9.98 Å². The van der Waals surface area contributed by atoms with Gasteiger partial charge in [-0.25, -0.2) is 0 Å². The van der Waals surface area contributed by atoms with Crippen LogP contribution in [0.15, 0.2) is 46.4 Å². The summed E-state index contributed by atoms with van der Waals surface area (Å²) in [5, 5.41) is 20.4.